The second kappa shape index (κ2) is 6.61. The van der Waals surface area contributed by atoms with Crippen LogP contribution in [0.4, 0.5) is 0 Å². The molecule has 0 radical (unpaired) electrons. The smallest absolute Gasteiger partial charge is 0.307 e. The van der Waals surface area contributed by atoms with Crippen molar-refractivity contribution in [2.45, 2.75) is 6.42 Å². The summed E-state index contributed by atoms with van der Waals surface area (Å²) in [5, 5.41) is 10.7. The van der Waals surface area contributed by atoms with Gasteiger partial charge < -0.3 is 9.67 Å². The zero-order chi connectivity index (χ0) is 18.1. The predicted octanol–water partition coefficient (Wildman–Crippen LogP) is 4.37. The minimum absolute atomic E-state index is 0.0636. The number of carboxylic acids is 1. The maximum Gasteiger partial charge on any atom is 0.307 e. The van der Waals surface area contributed by atoms with Gasteiger partial charge in [0.25, 0.3) is 0 Å². The lowest BCUT2D eigenvalue weighted by Gasteiger charge is -2.13. The van der Waals surface area contributed by atoms with Gasteiger partial charge in [0.1, 0.15) is 0 Å². The maximum atomic E-state index is 11.2. The lowest BCUT2D eigenvalue weighted by Crippen LogP contribution is -2.03. The predicted molar refractivity (Wildman–Crippen MR) is 101 cm³/mol. The van der Waals surface area contributed by atoms with E-state index in [0.29, 0.717) is 16.3 Å². The fraction of sp³-hybridized carbons (Fsp3) is 0.0500. The molecule has 0 saturated heterocycles. The van der Waals surface area contributed by atoms with Crippen molar-refractivity contribution in [2.24, 2.45) is 0 Å². The molecule has 2 heterocycles. The largest absolute Gasteiger partial charge is 0.481 e. The van der Waals surface area contributed by atoms with Crippen molar-refractivity contribution in [3.8, 4) is 16.9 Å². The number of carboxylic acid groups (broad SMARTS) is 1. The number of halogens is 1. The summed E-state index contributed by atoms with van der Waals surface area (Å²) in [5.41, 5.74) is 3.84. The molecule has 5 nitrogen and oxygen atoms in total. The Kier molecular flexibility index (Phi) is 4.14. The van der Waals surface area contributed by atoms with E-state index in [9.17, 15) is 9.90 Å². The Bertz CT molecular complexity index is 1110. The number of hydrogen-bond donors (Lipinski definition) is 1. The van der Waals surface area contributed by atoms with E-state index in [1.807, 2.05) is 53.2 Å². The number of hydrogen-bond acceptors (Lipinski definition) is 3. The van der Waals surface area contributed by atoms with Gasteiger partial charge in [-0.2, -0.15) is 0 Å². The molecule has 0 spiro atoms. The quantitative estimate of drug-likeness (QED) is 0.584. The van der Waals surface area contributed by atoms with E-state index in [1.54, 1.807) is 18.6 Å². The van der Waals surface area contributed by atoms with Crippen LogP contribution in [0.5, 0.6) is 0 Å². The van der Waals surface area contributed by atoms with Crippen LogP contribution in [0.15, 0.2) is 67.3 Å². The first-order valence-corrected chi connectivity index (χ1v) is 8.38. The molecule has 4 aromatic rings. The molecule has 6 heteroatoms. The molecule has 0 fully saturated rings. The average Bonchev–Trinajstić information content (AvgIpc) is 3.15. The van der Waals surface area contributed by atoms with Gasteiger partial charge in [0, 0.05) is 28.4 Å². The van der Waals surface area contributed by atoms with Crippen molar-refractivity contribution in [1.29, 1.82) is 0 Å². The zero-order valence-electron chi connectivity index (χ0n) is 13.6. The molecule has 2 aromatic carbocycles. The van der Waals surface area contributed by atoms with Crippen LogP contribution in [0.2, 0.25) is 5.02 Å². The molecule has 4 rings (SSSR count). The Hall–Kier alpha value is -3.18. The highest BCUT2D eigenvalue weighted by molar-refractivity contribution is 6.31. The third-order valence-electron chi connectivity index (χ3n) is 4.17. The van der Waals surface area contributed by atoms with Crippen LogP contribution in [0.25, 0.3) is 27.8 Å². The number of aromatic nitrogens is 3. The van der Waals surface area contributed by atoms with Crippen LogP contribution in [-0.2, 0) is 11.2 Å². The molecule has 1 N–H and O–H groups in total. The summed E-state index contributed by atoms with van der Waals surface area (Å²) < 4.78 is 1.90. The van der Waals surface area contributed by atoms with Gasteiger partial charge in [-0.05, 0) is 29.8 Å². The third-order valence-corrected chi connectivity index (χ3v) is 4.40. The number of nitrogens with zero attached hydrogens (tertiary/aromatic N) is 3. The fourth-order valence-electron chi connectivity index (χ4n) is 3.02. The zero-order valence-corrected chi connectivity index (χ0v) is 14.4. The van der Waals surface area contributed by atoms with Gasteiger partial charge in [-0.15, -0.1) is 0 Å². The first kappa shape index (κ1) is 16.3. The van der Waals surface area contributed by atoms with Gasteiger partial charge >= 0.3 is 5.97 Å². The number of imidazole rings is 1. The molecule has 2 aromatic heterocycles. The minimum atomic E-state index is -0.879. The molecular weight excluding hydrogens is 350 g/mol. The van der Waals surface area contributed by atoms with Crippen molar-refractivity contribution >= 4 is 28.5 Å². The van der Waals surface area contributed by atoms with Gasteiger partial charge in [0.05, 0.1) is 29.6 Å². The highest BCUT2D eigenvalue weighted by Crippen LogP contribution is 2.30. The summed E-state index contributed by atoms with van der Waals surface area (Å²) in [5.74, 6) is -0.879. The first-order valence-electron chi connectivity index (χ1n) is 8.00. The molecule has 0 aliphatic carbocycles. The van der Waals surface area contributed by atoms with Crippen molar-refractivity contribution < 1.29 is 9.90 Å². The highest BCUT2D eigenvalue weighted by atomic mass is 35.5. The van der Waals surface area contributed by atoms with Gasteiger partial charge in [-0.1, -0.05) is 35.9 Å². The van der Waals surface area contributed by atoms with Crippen LogP contribution < -0.4 is 0 Å². The summed E-state index contributed by atoms with van der Waals surface area (Å²) in [6.45, 7) is 0. The van der Waals surface area contributed by atoms with Crippen LogP contribution >= 0.6 is 11.6 Å². The standard InChI is InChI=1S/C20H14ClN3O2/c21-14-5-6-16-17(10-14)23-18(11-19(16)24-8-7-22-12-24)15-4-2-1-3-13(15)9-20(25)26/h1-8,10-12H,9H2,(H,25,26). The molecular formula is C20H14ClN3O2. The van der Waals surface area contributed by atoms with E-state index >= 15 is 0 Å². The van der Waals surface area contributed by atoms with Gasteiger partial charge in [-0.25, -0.2) is 9.97 Å². The van der Waals surface area contributed by atoms with Crippen LogP contribution in [0.3, 0.4) is 0 Å². The first-order chi connectivity index (χ1) is 12.6. The number of rotatable bonds is 4. The molecule has 0 unspecified atom stereocenters. The van der Waals surface area contributed by atoms with Crippen LogP contribution in [0.1, 0.15) is 5.56 Å². The molecule has 0 aliphatic heterocycles. The summed E-state index contributed by atoms with van der Waals surface area (Å²) in [7, 11) is 0. The van der Waals surface area contributed by atoms with E-state index in [2.05, 4.69) is 4.98 Å². The SMILES string of the molecule is O=C(O)Cc1ccccc1-c1cc(-n2ccnc2)c2ccc(Cl)cc2n1. The maximum absolute atomic E-state index is 11.2. The van der Waals surface area contributed by atoms with E-state index in [-0.39, 0.29) is 6.42 Å². The highest BCUT2D eigenvalue weighted by Gasteiger charge is 2.13. The Balaban J connectivity index is 1.99. The van der Waals surface area contributed by atoms with Gasteiger partial charge in [0.2, 0.25) is 0 Å². The Labute approximate surface area is 154 Å². The Morgan fingerprint density at radius 1 is 1.15 bits per heavy atom. The minimum Gasteiger partial charge on any atom is -0.481 e. The van der Waals surface area contributed by atoms with E-state index in [4.69, 9.17) is 16.6 Å². The Morgan fingerprint density at radius 3 is 2.77 bits per heavy atom. The number of aliphatic carboxylic acids is 1. The fourth-order valence-corrected chi connectivity index (χ4v) is 3.19. The molecule has 0 saturated carbocycles. The number of fused-ring (bicyclic) bond motifs is 1. The number of carbonyl (C=O) groups is 1. The normalized spacial score (nSPS) is 11.0. The molecule has 128 valence electrons. The van der Waals surface area contributed by atoms with E-state index in [0.717, 1.165) is 22.2 Å². The summed E-state index contributed by atoms with van der Waals surface area (Å²) in [6, 6.07) is 14.9. The molecule has 26 heavy (non-hydrogen) atoms. The molecule has 0 bridgehead atoms. The van der Waals surface area contributed by atoms with Crippen molar-refractivity contribution in [1.82, 2.24) is 14.5 Å². The van der Waals surface area contributed by atoms with Crippen molar-refractivity contribution in [3.63, 3.8) is 0 Å². The van der Waals surface area contributed by atoms with Gasteiger partial charge in [-0.3, -0.25) is 4.79 Å². The van der Waals surface area contributed by atoms with Crippen molar-refractivity contribution in [2.75, 3.05) is 0 Å². The summed E-state index contributed by atoms with van der Waals surface area (Å²) >= 11 is 6.16. The number of benzene rings is 2. The van der Waals surface area contributed by atoms with Crippen LogP contribution in [-0.4, -0.2) is 25.6 Å². The molecule has 0 atom stereocenters. The third kappa shape index (κ3) is 3.05. The summed E-state index contributed by atoms with van der Waals surface area (Å²) in [4.78, 5) is 20.1. The topological polar surface area (TPSA) is 68.0 Å². The number of pyridine rings is 1. The van der Waals surface area contributed by atoms with E-state index < -0.39 is 5.97 Å². The van der Waals surface area contributed by atoms with Crippen LogP contribution in [0, 0.1) is 0 Å². The second-order valence-electron chi connectivity index (χ2n) is 5.89. The lowest BCUT2D eigenvalue weighted by atomic mass is 10.00. The van der Waals surface area contributed by atoms with Gasteiger partial charge in [0.15, 0.2) is 0 Å². The van der Waals surface area contributed by atoms with Crippen molar-refractivity contribution in [3.05, 3.63) is 77.8 Å². The average molecular weight is 364 g/mol. The summed E-state index contributed by atoms with van der Waals surface area (Å²) in [6.07, 6.45) is 5.22. The monoisotopic (exact) mass is 363 g/mol. The Morgan fingerprint density at radius 2 is 2.00 bits per heavy atom. The molecule has 0 aliphatic rings. The van der Waals surface area contributed by atoms with E-state index in [1.165, 1.54) is 0 Å². The molecule has 0 amide bonds. The second-order valence-corrected chi connectivity index (χ2v) is 6.32. The lowest BCUT2D eigenvalue weighted by molar-refractivity contribution is -0.136.